The number of halogens is 2. The number of aromatic nitrogens is 1. The van der Waals surface area contributed by atoms with Crippen molar-refractivity contribution in [1.82, 2.24) is 15.4 Å². The molecular formula is C28H27Cl2N5O2. The minimum absolute atomic E-state index is 0.0910. The van der Waals surface area contributed by atoms with Gasteiger partial charge in [-0.1, -0.05) is 40.5 Å². The molecular weight excluding hydrogens is 509 g/mol. The van der Waals surface area contributed by atoms with Gasteiger partial charge in [0.15, 0.2) is 0 Å². The molecule has 2 aliphatic heterocycles. The lowest BCUT2D eigenvalue weighted by molar-refractivity contribution is 0.141. The van der Waals surface area contributed by atoms with Gasteiger partial charge in [0.2, 0.25) is 0 Å². The summed E-state index contributed by atoms with van der Waals surface area (Å²) in [6.07, 6.45) is 5.97. The zero-order valence-electron chi connectivity index (χ0n) is 20.2. The van der Waals surface area contributed by atoms with Crippen molar-refractivity contribution < 1.29 is 9.32 Å². The molecule has 3 aromatic rings. The number of carbonyl (C=O) groups excluding carboxylic acids is 1. The van der Waals surface area contributed by atoms with Gasteiger partial charge in [-0.15, -0.1) is 0 Å². The molecule has 2 unspecified atom stereocenters. The zero-order chi connectivity index (χ0) is 25.5. The summed E-state index contributed by atoms with van der Waals surface area (Å²) >= 11 is 13.0. The van der Waals surface area contributed by atoms with Crippen LogP contribution in [0, 0.1) is 11.3 Å². The summed E-state index contributed by atoms with van der Waals surface area (Å²) in [4.78, 5) is 15.1. The first-order chi connectivity index (χ1) is 18.0. The molecule has 190 valence electrons. The van der Waals surface area contributed by atoms with Gasteiger partial charge in [-0.25, -0.2) is 4.79 Å². The molecule has 1 aromatic heterocycles. The molecule has 0 spiro atoms. The molecule has 7 nitrogen and oxygen atoms in total. The number of nitriles is 1. The predicted molar refractivity (Wildman–Crippen MR) is 143 cm³/mol. The first-order valence-corrected chi connectivity index (χ1v) is 13.5. The highest BCUT2D eigenvalue weighted by Gasteiger charge is 2.43. The molecule has 2 atom stereocenters. The SMILES string of the molecule is N#Cc1cccc(NC(=O)N2C3CCC2CC(NCc2c(-c4c(Cl)cccc4Cl)noc2C2CC2)C3)c1. The predicted octanol–water partition coefficient (Wildman–Crippen LogP) is 6.71. The Morgan fingerprint density at radius 1 is 1.08 bits per heavy atom. The summed E-state index contributed by atoms with van der Waals surface area (Å²) < 4.78 is 5.81. The highest BCUT2D eigenvalue weighted by atomic mass is 35.5. The van der Waals surface area contributed by atoms with Gasteiger partial charge in [0.25, 0.3) is 0 Å². The average molecular weight is 536 g/mol. The van der Waals surface area contributed by atoms with Crippen molar-refractivity contribution in [1.29, 1.82) is 5.26 Å². The van der Waals surface area contributed by atoms with E-state index in [4.69, 9.17) is 33.0 Å². The molecule has 2 bridgehead atoms. The molecule has 9 heteroatoms. The second kappa shape index (κ2) is 10.0. The maximum atomic E-state index is 13.1. The molecule has 2 aromatic carbocycles. The fourth-order valence-corrected chi connectivity index (χ4v) is 6.43. The lowest BCUT2D eigenvalue weighted by Gasteiger charge is -2.39. The van der Waals surface area contributed by atoms with E-state index in [2.05, 4.69) is 21.9 Å². The second-order valence-electron chi connectivity index (χ2n) is 10.2. The normalized spacial score (nSPS) is 22.6. The third-order valence-corrected chi connectivity index (χ3v) is 8.37. The van der Waals surface area contributed by atoms with Crippen LogP contribution < -0.4 is 10.6 Å². The van der Waals surface area contributed by atoms with Crippen molar-refractivity contribution in [3.63, 3.8) is 0 Å². The van der Waals surface area contributed by atoms with Gasteiger partial charge < -0.3 is 20.1 Å². The van der Waals surface area contributed by atoms with E-state index >= 15 is 0 Å². The van der Waals surface area contributed by atoms with Crippen molar-refractivity contribution >= 4 is 34.9 Å². The number of amides is 2. The van der Waals surface area contributed by atoms with Crippen molar-refractivity contribution in [2.75, 3.05) is 5.32 Å². The van der Waals surface area contributed by atoms with Crippen LogP contribution in [0.25, 0.3) is 11.3 Å². The topological polar surface area (TPSA) is 94.2 Å². The van der Waals surface area contributed by atoms with Crippen LogP contribution in [-0.2, 0) is 6.54 Å². The Hall–Kier alpha value is -3.05. The van der Waals surface area contributed by atoms with E-state index in [9.17, 15) is 4.79 Å². The van der Waals surface area contributed by atoms with Gasteiger partial charge in [0.05, 0.1) is 21.7 Å². The number of hydrogen-bond acceptors (Lipinski definition) is 5. The molecule has 2 N–H and O–H groups in total. The summed E-state index contributed by atoms with van der Waals surface area (Å²) in [5.74, 6) is 1.33. The number of carbonyl (C=O) groups is 1. The Morgan fingerprint density at radius 3 is 2.46 bits per heavy atom. The van der Waals surface area contributed by atoms with Gasteiger partial charge in [0, 0.05) is 47.4 Å². The van der Waals surface area contributed by atoms with Crippen molar-refractivity contribution in [2.45, 2.75) is 69.1 Å². The Labute approximate surface area is 225 Å². The number of piperidine rings is 1. The van der Waals surface area contributed by atoms with Crippen molar-refractivity contribution in [2.24, 2.45) is 0 Å². The molecule has 3 aliphatic rings. The van der Waals surface area contributed by atoms with Gasteiger partial charge in [0.1, 0.15) is 11.5 Å². The molecule has 1 aliphatic carbocycles. The van der Waals surface area contributed by atoms with E-state index in [1.54, 1.807) is 18.2 Å². The highest BCUT2D eigenvalue weighted by molar-refractivity contribution is 6.39. The molecule has 37 heavy (non-hydrogen) atoms. The summed E-state index contributed by atoms with van der Waals surface area (Å²) in [7, 11) is 0. The number of hydrogen-bond donors (Lipinski definition) is 2. The van der Waals surface area contributed by atoms with Crippen LogP contribution >= 0.6 is 23.2 Å². The molecule has 2 amide bonds. The van der Waals surface area contributed by atoms with Crippen LogP contribution in [-0.4, -0.2) is 34.2 Å². The van der Waals surface area contributed by atoms with Crippen LogP contribution in [0.15, 0.2) is 47.0 Å². The largest absolute Gasteiger partial charge is 0.360 e. The monoisotopic (exact) mass is 535 g/mol. The Kier molecular flexibility index (Phi) is 6.58. The Morgan fingerprint density at radius 2 is 1.78 bits per heavy atom. The minimum atomic E-state index is -0.0910. The number of fused-ring (bicyclic) bond motifs is 2. The zero-order valence-corrected chi connectivity index (χ0v) is 21.7. The first kappa shape index (κ1) is 24.3. The minimum Gasteiger partial charge on any atom is -0.360 e. The number of urea groups is 1. The quantitative estimate of drug-likeness (QED) is 0.365. The summed E-state index contributed by atoms with van der Waals surface area (Å²) in [6, 6.07) is 15.2. The average Bonchev–Trinajstić information content (AvgIpc) is 3.59. The van der Waals surface area contributed by atoms with E-state index in [-0.39, 0.29) is 24.2 Å². The second-order valence-corrected chi connectivity index (χ2v) is 11.0. The maximum absolute atomic E-state index is 13.1. The van der Waals surface area contributed by atoms with E-state index in [0.29, 0.717) is 45.0 Å². The smallest absolute Gasteiger partial charge is 0.322 e. The van der Waals surface area contributed by atoms with Crippen LogP contribution in [0.4, 0.5) is 10.5 Å². The van der Waals surface area contributed by atoms with Crippen molar-refractivity contribution in [3.05, 3.63) is 69.4 Å². The first-order valence-electron chi connectivity index (χ1n) is 12.8. The van der Waals surface area contributed by atoms with E-state index in [1.165, 1.54) is 0 Å². The van der Waals surface area contributed by atoms with Crippen LogP contribution in [0.1, 0.15) is 61.3 Å². The summed E-state index contributed by atoms with van der Waals surface area (Å²) in [6.45, 7) is 0.615. The standard InChI is InChI=1S/C28H27Cl2N5O2/c29-23-5-2-6-24(30)25(23)26-22(27(37-34-26)17-7-8-17)15-32-19-12-20-9-10-21(13-19)35(20)28(36)33-18-4-1-3-16(11-18)14-31/h1-6,11,17,19-21,32H,7-10,12-13,15H2,(H,33,36). The number of rotatable bonds is 6. The molecule has 1 saturated carbocycles. The molecule has 0 radical (unpaired) electrons. The molecule has 3 fully saturated rings. The molecule has 6 rings (SSSR count). The van der Waals surface area contributed by atoms with E-state index in [1.807, 2.05) is 29.2 Å². The van der Waals surface area contributed by atoms with Gasteiger partial charge in [-0.05, 0) is 68.9 Å². The van der Waals surface area contributed by atoms with Crippen molar-refractivity contribution in [3.8, 4) is 17.3 Å². The van der Waals surface area contributed by atoms with Crippen LogP contribution in [0.2, 0.25) is 10.0 Å². The summed E-state index contributed by atoms with van der Waals surface area (Å²) in [5, 5.41) is 21.4. The third-order valence-electron chi connectivity index (χ3n) is 7.74. The van der Waals surface area contributed by atoms with Gasteiger partial charge in [-0.2, -0.15) is 5.26 Å². The van der Waals surface area contributed by atoms with Crippen LogP contribution in [0.3, 0.4) is 0 Å². The lowest BCUT2D eigenvalue weighted by atomic mass is 9.96. The van der Waals surface area contributed by atoms with Crippen LogP contribution in [0.5, 0.6) is 0 Å². The fourth-order valence-electron chi connectivity index (χ4n) is 5.86. The molecule has 3 heterocycles. The Bertz CT molecular complexity index is 1340. The maximum Gasteiger partial charge on any atom is 0.322 e. The molecule has 2 saturated heterocycles. The Balaban J connectivity index is 1.15. The lowest BCUT2D eigenvalue weighted by Crippen LogP contribution is -2.52. The number of anilines is 1. The fraction of sp³-hybridized carbons (Fsp3) is 0.393. The number of nitrogens with zero attached hydrogens (tertiary/aromatic N) is 3. The number of benzene rings is 2. The van der Waals surface area contributed by atoms with Gasteiger partial charge >= 0.3 is 6.03 Å². The van der Waals surface area contributed by atoms with Gasteiger partial charge in [-0.3, -0.25) is 0 Å². The van der Waals surface area contributed by atoms with E-state index < -0.39 is 0 Å². The summed E-state index contributed by atoms with van der Waals surface area (Å²) in [5.41, 5.74) is 3.63. The van der Waals surface area contributed by atoms with E-state index in [0.717, 1.165) is 49.8 Å². The third kappa shape index (κ3) is 4.82. The number of nitrogens with one attached hydrogen (secondary N) is 2. The highest BCUT2D eigenvalue weighted by Crippen LogP contribution is 2.46.